The number of ether oxygens (including phenoxy) is 1. The Labute approximate surface area is 98.9 Å². The molecule has 1 aromatic rings. The molecule has 3 N–H and O–H groups in total. The van der Waals surface area contributed by atoms with Crippen molar-refractivity contribution in [3.63, 3.8) is 0 Å². The monoisotopic (exact) mass is 238 g/mol. The molecule has 0 aliphatic heterocycles. The van der Waals surface area contributed by atoms with Crippen molar-refractivity contribution < 1.29 is 13.9 Å². The predicted octanol–water partition coefficient (Wildman–Crippen LogP) is 1.27. The Morgan fingerprint density at radius 2 is 2.06 bits per heavy atom. The van der Waals surface area contributed by atoms with E-state index >= 15 is 0 Å². The third-order valence-electron chi connectivity index (χ3n) is 3.19. The van der Waals surface area contributed by atoms with Crippen LogP contribution in [0.4, 0.5) is 10.1 Å². The van der Waals surface area contributed by atoms with Crippen LogP contribution in [0.1, 0.15) is 12.8 Å². The number of hydrogen-bond acceptors (Lipinski definition) is 3. The van der Waals surface area contributed by atoms with E-state index in [1.54, 1.807) is 19.2 Å². The Morgan fingerprint density at radius 1 is 1.47 bits per heavy atom. The number of nitrogens with one attached hydrogen (secondary N) is 1. The number of anilines is 1. The van der Waals surface area contributed by atoms with Crippen molar-refractivity contribution in [1.29, 1.82) is 0 Å². The lowest BCUT2D eigenvalue weighted by Crippen LogP contribution is -2.61. The zero-order valence-electron chi connectivity index (χ0n) is 9.57. The second-order valence-electron chi connectivity index (χ2n) is 4.34. The number of amides is 1. The summed E-state index contributed by atoms with van der Waals surface area (Å²) in [6.07, 6.45) is 1.13. The third kappa shape index (κ3) is 2.24. The van der Waals surface area contributed by atoms with E-state index < -0.39 is 11.4 Å². The summed E-state index contributed by atoms with van der Waals surface area (Å²) in [5, 5.41) is 3.06. The van der Waals surface area contributed by atoms with Crippen molar-refractivity contribution in [2.24, 2.45) is 5.73 Å². The zero-order valence-corrected chi connectivity index (χ0v) is 9.57. The highest BCUT2D eigenvalue weighted by atomic mass is 19.1. The molecule has 5 heteroatoms. The molecule has 0 heterocycles. The van der Waals surface area contributed by atoms with Crippen LogP contribution in [-0.4, -0.2) is 24.7 Å². The van der Waals surface area contributed by atoms with Gasteiger partial charge < -0.3 is 15.8 Å². The number of carbonyl (C=O) groups is 1. The average molecular weight is 238 g/mol. The van der Waals surface area contributed by atoms with Crippen LogP contribution < -0.4 is 11.1 Å². The Kier molecular flexibility index (Phi) is 3.02. The van der Waals surface area contributed by atoms with Crippen molar-refractivity contribution in [3.8, 4) is 0 Å². The van der Waals surface area contributed by atoms with E-state index in [9.17, 15) is 9.18 Å². The number of methoxy groups -OCH3 is 1. The minimum atomic E-state index is -0.765. The van der Waals surface area contributed by atoms with Gasteiger partial charge in [0.25, 0.3) is 0 Å². The fraction of sp³-hybridized carbons (Fsp3) is 0.417. The number of halogens is 1. The lowest BCUT2D eigenvalue weighted by molar-refractivity contribution is -0.130. The molecule has 1 aliphatic rings. The van der Waals surface area contributed by atoms with E-state index in [0.29, 0.717) is 18.5 Å². The van der Waals surface area contributed by atoms with Gasteiger partial charge in [0, 0.05) is 25.6 Å². The molecular weight excluding hydrogens is 223 g/mol. The molecular formula is C12H15FN2O2. The van der Waals surface area contributed by atoms with E-state index in [1.807, 2.05) is 0 Å². The molecule has 2 rings (SSSR count). The minimum Gasteiger partial charge on any atom is -0.381 e. The standard InChI is InChI=1S/C12H15FN2O2/c1-17-10-6-12(7-10,11(14)16)15-9-4-2-8(13)3-5-9/h2-5,10,15H,6-7H2,1H3,(H2,14,16). The van der Waals surface area contributed by atoms with Gasteiger partial charge in [0.2, 0.25) is 5.91 Å². The van der Waals surface area contributed by atoms with Crippen molar-refractivity contribution in [2.45, 2.75) is 24.5 Å². The zero-order chi connectivity index (χ0) is 12.5. The smallest absolute Gasteiger partial charge is 0.243 e. The molecule has 1 fully saturated rings. The average Bonchev–Trinajstić information content (AvgIpc) is 2.25. The summed E-state index contributed by atoms with van der Waals surface area (Å²) >= 11 is 0. The molecule has 1 aromatic carbocycles. The molecule has 1 saturated carbocycles. The lowest BCUT2D eigenvalue weighted by Gasteiger charge is -2.45. The summed E-state index contributed by atoms with van der Waals surface area (Å²) in [6, 6.07) is 5.84. The Bertz CT molecular complexity index is 413. The highest BCUT2D eigenvalue weighted by Crippen LogP contribution is 2.37. The van der Waals surface area contributed by atoms with Gasteiger partial charge in [-0.05, 0) is 24.3 Å². The largest absolute Gasteiger partial charge is 0.381 e. The first kappa shape index (κ1) is 11.9. The van der Waals surface area contributed by atoms with Crippen LogP contribution in [-0.2, 0) is 9.53 Å². The number of rotatable bonds is 4. The SMILES string of the molecule is COC1CC(Nc2ccc(F)cc2)(C(N)=O)C1. The van der Waals surface area contributed by atoms with Gasteiger partial charge in [0.1, 0.15) is 11.4 Å². The van der Waals surface area contributed by atoms with Crippen LogP contribution in [0.15, 0.2) is 24.3 Å². The first-order valence-corrected chi connectivity index (χ1v) is 5.42. The Hall–Kier alpha value is -1.62. The van der Waals surface area contributed by atoms with Crippen LogP contribution in [0.5, 0.6) is 0 Å². The van der Waals surface area contributed by atoms with Gasteiger partial charge in [-0.3, -0.25) is 4.79 Å². The van der Waals surface area contributed by atoms with E-state index in [4.69, 9.17) is 10.5 Å². The molecule has 0 saturated heterocycles. The molecule has 17 heavy (non-hydrogen) atoms. The van der Waals surface area contributed by atoms with Crippen LogP contribution in [0.3, 0.4) is 0 Å². The molecule has 0 aromatic heterocycles. The van der Waals surface area contributed by atoms with Crippen LogP contribution >= 0.6 is 0 Å². The maximum atomic E-state index is 12.8. The molecule has 1 amide bonds. The molecule has 0 atom stereocenters. The summed E-state index contributed by atoms with van der Waals surface area (Å²) < 4.78 is 17.9. The summed E-state index contributed by atoms with van der Waals surface area (Å²) in [7, 11) is 1.60. The number of carbonyl (C=O) groups excluding carboxylic acids is 1. The normalized spacial score (nSPS) is 27.3. The van der Waals surface area contributed by atoms with Gasteiger partial charge in [-0.2, -0.15) is 0 Å². The molecule has 0 unspecified atom stereocenters. The highest BCUT2D eigenvalue weighted by Gasteiger charge is 2.49. The quantitative estimate of drug-likeness (QED) is 0.830. The summed E-state index contributed by atoms with van der Waals surface area (Å²) in [5.74, 6) is -0.720. The van der Waals surface area contributed by atoms with Gasteiger partial charge in [-0.15, -0.1) is 0 Å². The molecule has 4 nitrogen and oxygen atoms in total. The maximum Gasteiger partial charge on any atom is 0.243 e. The fourth-order valence-corrected chi connectivity index (χ4v) is 2.06. The maximum absolute atomic E-state index is 12.8. The van der Waals surface area contributed by atoms with E-state index in [2.05, 4.69) is 5.32 Å². The number of primary amides is 1. The van der Waals surface area contributed by atoms with Crippen molar-refractivity contribution >= 4 is 11.6 Å². The third-order valence-corrected chi connectivity index (χ3v) is 3.19. The fourth-order valence-electron chi connectivity index (χ4n) is 2.06. The van der Waals surface area contributed by atoms with Crippen LogP contribution in [0, 0.1) is 5.82 Å². The Balaban J connectivity index is 2.10. The predicted molar refractivity (Wildman–Crippen MR) is 62.0 cm³/mol. The van der Waals surface area contributed by atoms with Crippen molar-refractivity contribution in [3.05, 3.63) is 30.1 Å². The number of benzene rings is 1. The minimum absolute atomic E-state index is 0.0513. The molecule has 0 radical (unpaired) electrons. The van der Waals surface area contributed by atoms with Crippen molar-refractivity contribution in [1.82, 2.24) is 0 Å². The summed E-state index contributed by atoms with van der Waals surface area (Å²) in [5.41, 5.74) is 5.31. The lowest BCUT2D eigenvalue weighted by atomic mass is 9.73. The van der Waals surface area contributed by atoms with Gasteiger partial charge in [0.15, 0.2) is 0 Å². The van der Waals surface area contributed by atoms with Gasteiger partial charge >= 0.3 is 0 Å². The van der Waals surface area contributed by atoms with Crippen LogP contribution in [0.25, 0.3) is 0 Å². The second kappa shape index (κ2) is 4.33. The number of hydrogen-bond donors (Lipinski definition) is 2. The first-order chi connectivity index (χ1) is 8.05. The molecule has 0 bridgehead atoms. The second-order valence-corrected chi connectivity index (χ2v) is 4.34. The van der Waals surface area contributed by atoms with Gasteiger partial charge in [-0.1, -0.05) is 0 Å². The molecule has 92 valence electrons. The number of nitrogens with two attached hydrogens (primary N) is 1. The summed E-state index contributed by atoms with van der Waals surface area (Å²) in [6.45, 7) is 0. The summed E-state index contributed by atoms with van der Waals surface area (Å²) in [4.78, 5) is 11.5. The van der Waals surface area contributed by atoms with E-state index in [-0.39, 0.29) is 11.9 Å². The highest BCUT2D eigenvalue weighted by molar-refractivity contribution is 5.89. The molecule has 1 aliphatic carbocycles. The topological polar surface area (TPSA) is 64.3 Å². The molecule has 0 spiro atoms. The van der Waals surface area contributed by atoms with Gasteiger partial charge in [0.05, 0.1) is 6.10 Å². The van der Waals surface area contributed by atoms with Crippen molar-refractivity contribution in [2.75, 3.05) is 12.4 Å². The first-order valence-electron chi connectivity index (χ1n) is 5.42. The van der Waals surface area contributed by atoms with Crippen LogP contribution in [0.2, 0.25) is 0 Å². The van der Waals surface area contributed by atoms with Gasteiger partial charge in [-0.25, -0.2) is 4.39 Å². The van der Waals surface area contributed by atoms with E-state index in [1.165, 1.54) is 12.1 Å². The van der Waals surface area contributed by atoms with E-state index in [0.717, 1.165) is 0 Å². The Morgan fingerprint density at radius 3 is 2.53 bits per heavy atom.